The van der Waals surface area contributed by atoms with E-state index in [4.69, 9.17) is 17.3 Å². The van der Waals surface area contributed by atoms with Gasteiger partial charge in [-0.1, -0.05) is 43.7 Å². The lowest BCUT2D eigenvalue weighted by Crippen LogP contribution is -2.28. The molecule has 1 saturated heterocycles. The molecule has 2 nitrogen and oxygen atoms in total. The molecule has 0 saturated carbocycles. The van der Waals surface area contributed by atoms with E-state index in [1.54, 1.807) is 11.8 Å². The summed E-state index contributed by atoms with van der Waals surface area (Å²) in [7, 11) is 0. The lowest BCUT2D eigenvalue weighted by molar-refractivity contribution is 0.250. The van der Waals surface area contributed by atoms with E-state index in [2.05, 4.69) is 11.8 Å². The Balaban J connectivity index is 2.25. The molecule has 1 heterocycles. The van der Waals surface area contributed by atoms with Crippen molar-refractivity contribution in [3.63, 3.8) is 0 Å². The number of aliphatic hydroxyl groups excluding tert-OH is 1. The molecular formula is C11H21NOS2. The van der Waals surface area contributed by atoms with Gasteiger partial charge < -0.3 is 10.0 Å². The molecule has 1 rings (SSSR count). The van der Waals surface area contributed by atoms with E-state index in [0.717, 1.165) is 23.2 Å². The summed E-state index contributed by atoms with van der Waals surface area (Å²) in [6, 6.07) is 0. The Morgan fingerprint density at radius 2 is 1.93 bits per heavy atom. The van der Waals surface area contributed by atoms with E-state index in [1.165, 1.54) is 25.7 Å². The van der Waals surface area contributed by atoms with Gasteiger partial charge in [0.25, 0.3) is 0 Å². The molecule has 15 heavy (non-hydrogen) atoms. The van der Waals surface area contributed by atoms with E-state index in [0.29, 0.717) is 5.92 Å². The third kappa shape index (κ3) is 5.18. The quantitative estimate of drug-likeness (QED) is 0.774. The zero-order valence-corrected chi connectivity index (χ0v) is 11.1. The van der Waals surface area contributed by atoms with Crippen LogP contribution in [0.4, 0.5) is 0 Å². The van der Waals surface area contributed by atoms with Crippen molar-refractivity contribution in [2.24, 2.45) is 5.92 Å². The van der Waals surface area contributed by atoms with Crippen LogP contribution in [0.25, 0.3) is 0 Å². The topological polar surface area (TPSA) is 23.5 Å². The second-order valence-corrected chi connectivity index (χ2v) is 5.92. The molecular weight excluding hydrogens is 226 g/mol. The summed E-state index contributed by atoms with van der Waals surface area (Å²) in [6.07, 6.45) is 5.24. The minimum Gasteiger partial charge on any atom is -0.396 e. The Morgan fingerprint density at radius 1 is 1.33 bits per heavy atom. The lowest BCUT2D eigenvalue weighted by atomic mass is 10.2. The van der Waals surface area contributed by atoms with Gasteiger partial charge in [0.15, 0.2) is 0 Å². The fourth-order valence-electron chi connectivity index (χ4n) is 1.61. The van der Waals surface area contributed by atoms with Gasteiger partial charge >= 0.3 is 0 Å². The summed E-state index contributed by atoms with van der Waals surface area (Å²) < 4.78 is 1.03. The van der Waals surface area contributed by atoms with E-state index < -0.39 is 0 Å². The van der Waals surface area contributed by atoms with Gasteiger partial charge in [0.1, 0.15) is 4.32 Å². The van der Waals surface area contributed by atoms with Crippen LogP contribution in [0.3, 0.4) is 0 Å². The van der Waals surface area contributed by atoms with Crippen LogP contribution in [0.2, 0.25) is 0 Å². The molecule has 4 heteroatoms. The number of nitrogens with zero attached hydrogens (tertiary/aromatic N) is 1. The van der Waals surface area contributed by atoms with Crippen molar-refractivity contribution in [3.05, 3.63) is 0 Å². The van der Waals surface area contributed by atoms with Gasteiger partial charge in [0, 0.05) is 25.4 Å². The lowest BCUT2D eigenvalue weighted by Gasteiger charge is -2.23. The van der Waals surface area contributed by atoms with E-state index in [9.17, 15) is 0 Å². The second-order valence-electron chi connectivity index (χ2n) is 4.27. The van der Waals surface area contributed by atoms with E-state index >= 15 is 0 Å². The molecule has 0 bridgehead atoms. The van der Waals surface area contributed by atoms with Gasteiger partial charge in [-0.3, -0.25) is 0 Å². The zero-order valence-electron chi connectivity index (χ0n) is 9.45. The molecule has 0 aliphatic carbocycles. The molecule has 0 spiro atoms. The number of rotatable bonds is 3. The Hall–Kier alpha value is 0.200. The first-order valence-corrected chi connectivity index (χ1v) is 7.16. The van der Waals surface area contributed by atoms with Gasteiger partial charge in [-0.2, -0.15) is 0 Å². The summed E-state index contributed by atoms with van der Waals surface area (Å²) in [5.41, 5.74) is 0. The van der Waals surface area contributed by atoms with Crippen molar-refractivity contribution in [2.45, 2.75) is 32.6 Å². The molecule has 0 unspecified atom stereocenters. The SMILES string of the molecule is C[C@H](CO)CSC(=S)N1CCCCCC1. The smallest absolute Gasteiger partial charge is 0.136 e. The van der Waals surface area contributed by atoms with E-state index in [-0.39, 0.29) is 6.61 Å². The maximum absolute atomic E-state index is 8.93. The van der Waals surface area contributed by atoms with Crippen molar-refractivity contribution in [1.29, 1.82) is 0 Å². The number of hydrogen-bond donors (Lipinski definition) is 1. The average Bonchev–Trinajstić information content (AvgIpc) is 2.53. The molecule has 88 valence electrons. The molecule has 0 aromatic rings. The van der Waals surface area contributed by atoms with Crippen LogP contribution in [-0.4, -0.2) is 39.8 Å². The average molecular weight is 247 g/mol. The van der Waals surface area contributed by atoms with Crippen LogP contribution in [0.1, 0.15) is 32.6 Å². The van der Waals surface area contributed by atoms with Crippen LogP contribution in [0, 0.1) is 5.92 Å². The fraction of sp³-hybridized carbons (Fsp3) is 0.909. The summed E-state index contributed by atoms with van der Waals surface area (Å²) in [5.74, 6) is 1.28. The first-order chi connectivity index (χ1) is 7.24. The monoisotopic (exact) mass is 247 g/mol. The molecule has 0 aromatic heterocycles. The highest BCUT2D eigenvalue weighted by Crippen LogP contribution is 2.17. The highest BCUT2D eigenvalue weighted by molar-refractivity contribution is 8.22. The van der Waals surface area contributed by atoms with Crippen molar-refractivity contribution in [3.8, 4) is 0 Å². The first-order valence-electron chi connectivity index (χ1n) is 5.76. The number of thiocarbonyl (C=S) groups is 1. The molecule has 1 aliphatic heterocycles. The van der Waals surface area contributed by atoms with Crippen molar-refractivity contribution >= 4 is 28.3 Å². The summed E-state index contributed by atoms with van der Waals surface area (Å²) in [6.45, 7) is 4.56. The zero-order chi connectivity index (χ0) is 11.1. The predicted molar refractivity (Wildman–Crippen MR) is 71.3 cm³/mol. The van der Waals surface area contributed by atoms with Crippen molar-refractivity contribution in [1.82, 2.24) is 4.90 Å². The molecule has 1 N–H and O–H groups in total. The maximum atomic E-state index is 8.93. The van der Waals surface area contributed by atoms with Crippen LogP contribution in [0.15, 0.2) is 0 Å². The first kappa shape index (κ1) is 13.3. The van der Waals surface area contributed by atoms with Crippen LogP contribution >= 0.6 is 24.0 Å². The van der Waals surface area contributed by atoms with Gasteiger partial charge in [0.05, 0.1) is 0 Å². The molecule has 0 amide bonds. The van der Waals surface area contributed by atoms with Gasteiger partial charge in [-0.05, 0) is 18.8 Å². The normalized spacial score (nSPS) is 19.7. The van der Waals surface area contributed by atoms with Crippen molar-refractivity contribution in [2.75, 3.05) is 25.4 Å². The summed E-state index contributed by atoms with van der Waals surface area (Å²) in [5, 5.41) is 8.93. The Morgan fingerprint density at radius 3 is 2.47 bits per heavy atom. The molecule has 1 aliphatic rings. The Labute approximate surface area is 102 Å². The molecule has 0 aromatic carbocycles. The second kappa shape index (κ2) is 7.47. The maximum Gasteiger partial charge on any atom is 0.136 e. The number of hydrogen-bond acceptors (Lipinski definition) is 3. The third-order valence-electron chi connectivity index (χ3n) is 2.67. The number of thioether (sulfide) groups is 1. The highest BCUT2D eigenvalue weighted by atomic mass is 32.2. The minimum atomic E-state index is 0.260. The molecule has 1 atom stereocenters. The van der Waals surface area contributed by atoms with Crippen LogP contribution < -0.4 is 0 Å². The molecule has 0 radical (unpaired) electrons. The number of aliphatic hydroxyl groups is 1. The summed E-state index contributed by atoms with van der Waals surface area (Å²) >= 11 is 7.13. The largest absolute Gasteiger partial charge is 0.396 e. The predicted octanol–water partition coefficient (Wildman–Crippen LogP) is 2.51. The highest BCUT2D eigenvalue weighted by Gasteiger charge is 2.13. The van der Waals surface area contributed by atoms with Crippen LogP contribution in [-0.2, 0) is 0 Å². The standard InChI is InChI=1S/C11H21NOS2/c1-10(8-13)9-15-11(14)12-6-4-2-3-5-7-12/h10,13H,2-9H2,1H3/t10-/m1/s1. The van der Waals surface area contributed by atoms with Gasteiger partial charge in [-0.15, -0.1) is 0 Å². The van der Waals surface area contributed by atoms with Crippen molar-refractivity contribution < 1.29 is 5.11 Å². The Kier molecular flexibility index (Phi) is 6.61. The molecule has 1 fully saturated rings. The summed E-state index contributed by atoms with van der Waals surface area (Å²) in [4.78, 5) is 2.33. The Bertz CT molecular complexity index is 191. The minimum absolute atomic E-state index is 0.260. The third-order valence-corrected chi connectivity index (χ3v) is 4.52. The fourth-order valence-corrected chi connectivity index (χ4v) is 2.90. The number of likely N-dealkylation sites (tertiary alicyclic amines) is 1. The van der Waals surface area contributed by atoms with Gasteiger partial charge in [-0.25, -0.2) is 0 Å². The van der Waals surface area contributed by atoms with Crippen LogP contribution in [0.5, 0.6) is 0 Å². The van der Waals surface area contributed by atoms with Gasteiger partial charge in [0.2, 0.25) is 0 Å². The van der Waals surface area contributed by atoms with E-state index in [1.807, 2.05) is 0 Å².